The van der Waals surface area contributed by atoms with Crippen molar-refractivity contribution in [3.05, 3.63) is 69.9 Å². The Labute approximate surface area is 170 Å². The number of nitrogens with zero attached hydrogens (tertiary/aromatic N) is 4. The van der Waals surface area contributed by atoms with Gasteiger partial charge in [-0.15, -0.1) is 0 Å². The molecule has 1 aliphatic rings. The lowest BCUT2D eigenvalue weighted by molar-refractivity contribution is 0.514. The molecule has 0 amide bonds. The van der Waals surface area contributed by atoms with Gasteiger partial charge in [-0.2, -0.15) is 11.3 Å². The van der Waals surface area contributed by atoms with Gasteiger partial charge in [-0.3, -0.25) is 4.98 Å². The molecule has 1 atom stereocenters. The smallest absolute Gasteiger partial charge is 0.225 e. The van der Waals surface area contributed by atoms with Gasteiger partial charge in [0.05, 0.1) is 11.7 Å². The first-order chi connectivity index (χ1) is 13.8. The lowest BCUT2D eigenvalue weighted by Crippen LogP contribution is -2.31. The zero-order valence-electron chi connectivity index (χ0n) is 16.3. The average molecular weight is 394 g/mol. The number of nitrogens with one attached hydrogen (secondary N) is 1. The molecule has 4 rings (SSSR count). The van der Waals surface area contributed by atoms with E-state index in [0.717, 1.165) is 43.3 Å². The fraction of sp³-hybridized carbons (Fsp3) is 0.409. The van der Waals surface area contributed by atoms with Gasteiger partial charge in [-0.25, -0.2) is 9.97 Å². The summed E-state index contributed by atoms with van der Waals surface area (Å²) >= 11 is 1.74. The highest BCUT2D eigenvalue weighted by atomic mass is 32.1. The molecule has 0 aliphatic carbocycles. The number of hydrogen-bond donors (Lipinski definition) is 1. The average Bonchev–Trinajstić information content (AvgIpc) is 3.26. The number of piperidine rings is 1. The molecular weight excluding hydrogens is 366 g/mol. The van der Waals surface area contributed by atoms with Crippen LogP contribution in [-0.2, 0) is 13.0 Å². The fourth-order valence-corrected chi connectivity index (χ4v) is 4.39. The molecule has 0 aromatic carbocycles. The molecule has 1 aliphatic heterocycles. The minimum Gasteiger partial charge on any atom is -0.341 e. The highest BCUT2D eigenvalue weighted by Crippen LogP contribution is 2.22. The molecule has 5 nitrogen and oxygen atoms in total. The number of aryl methyl sites for hydroxylation is 1. The maximum absolute atomic E-state index is 4.65. The summed E-state index contributed by atoms with van der Waals surface area (Å²) in [6, 6.07) is 6.47. The van der Waals surface area contributed by atoms with Crippen LogP contribution in [0.3, 0.4) is 0 Å². The number of hydrogen-bond acceptors (Lipinski definition) is 6. The normalized spacial score (nSPS) is 15.5. The van der Waals surface area contributed by atoms with Gasteiger partial charge in [0.1, 0.15) is 0 Å². The van der Waals surface area contributed by atoms with Crippen LogP contribution in [0.2, 0.25) is 0 Å². The zero-order valence-corrected chi connectivity index (χ0v) is 17.2. The lowest BCUT2D eigenvalue weighted by atomic mass is 10.0. The number of rotatable bonds is 7. The van der Waals surface area contributed by atoms with Crippen molar-refractivity contribution >= 4 is 17.3 Å². The molecule has 6 heteroatoms. The second kappa shape index (κ2) is 9.26. The van der Waals surface area contributed by atoms with E-state index in [1.807, 2.05) is 24.7 Å². The summed E-state index contributed by atoms with van der Waals surface area (Å²) in [4.78, 5) is 16.2. The minimum atomic E-state index is 0.164. The van der Waals surface area contributed by atoms with E-state index in [0.29, 0.717) is 0 Å². The Bertz CT molecular complexity index is 857. The molecule has 0 radical (unpaired) electrons. The molecule has 0 unspecified atom stereocenters. The van der Waals surface area contributed by atoms with Crippen LogP contribution in [0.25, 0.3) is 0 Å². The van der Waals surface area contributed by atoms with Crippen molar-refractivity contribution in [2.45, 2.75) is 45.2 Å². The number of pyridine rings is 1. The monoisotopic (exact) mass is 393 g/mol. The van der Waals surface area contributed by atoms with E-state index in [2.05, 4.69) is 55.0 Å². The van der Waals surface area contributed by atoms with E-state index in [4.69, 9.17) is 0 Å². The maximum Gasteiger partial charge on any atom is 0.225 e. The van der Waals surface area contributed by atoms with Gasteiger partial charge in [-0.1, -0.05) is 6.07 Å². The summed E-state index contributed by atoms with van der Waals surface area (Å²) in [7, 11) is 0. The van der Waals surface area contributed by atoms with Gasteiger partial charge < -0.3 is 10.2 Å². The molecule has 4 heterocycles. The first-order valence-corrected chi connectivity index (χ1v) is 11.0. The molecule has 146 valence electrons. The van der Waals surface area contributed by atoms with Crippen molar-refractivity contribution in [2.24, 2.45) is 0 Å². The van der Waals surface area contributed by atoms with Crippen LogP contribution < -0.4 is 10.2 Å². The standard InChI is InChI=1S/C22H27N5S/c1-17-6-5-8-23-21(17)20(12-18-7-11-28-16-18)24-13-19-14-25-22(26-15-19)27-9-3-2-4-10-27/h5-8,11,14-16,20,24H,2-4,9-10,12-13H2,1H3/t20-/m1/s1. The van der Waals surface area contributed by atoms with E-state index < -0.39 is 0 Å². The quantitative estimate of drug-likeness (QED) is 0.648. The van der Waals surface area contributed by atoms with E-state index in [1.165, 1.54) is 30.4 Å². The predicted octanol–water partition coefficient (Wildman–Crippen LogP) is 4.31. The van der Waals surface area contributed by atoms with Crippen LogP contribution >= 0.6 is 11.3 Å². The van der Waals surface area contributed by atoms with Crippen molar-refractivity contribution in [3.63, 3.8) is 0 Å². The second-order valence-corrected chi connectivity index (χ2v) is 8.19. The van der Waals surface area contributed by atoms with E-state index in [1.54, 1.807) is 11.3 Å². The summed E-state index contributed by atoms with van der Waals surface area (Å²) in [6.45, 7) is 4.99. The molecule has 0 saturated carbocycles. The first-order valence-electron chi connectivity index (χ1n) is 10.0. The van der Waals surface area contributed by atoms with Crippen LogP contribution in [0.4, 0.5) is 5.95 Å². The van der Waals surface area contributed by atoms with Crippen molar-refractivity contribution < 1.29 is 0 Å². The highest BCUT2D eigenvalue weighted by Gasteiger charge is 2.17. The zero-order chi connectivity index (χ0) is 19.2. The van der Waals surface area contributed by atoms with Crippen LogP contribution in [0.1, 0.15) is 47.7 Å². The summed E-state index contributed by atoms with van der Waals surface area (Å²) in [5, 5.41) is 8.02. The van der Waals surface area contributed by atoms with Gasteiger partial charge in [0.15, 0.2) is 0 Å². The predicted molar refractivity (Wildman–Crippen MR) is 115 cm³/mol. The van der Waals surface area contributed by atoms with Crippen molar-refractivity contribution in [1.82, 2.24) is 20.3 Å². The largest absolute Gasteiger partial charge is 0.341 e. The van der Waals surface area contributed by atoms with Gasteiger partial charge >= 0.3 is 0 Å². The Morgan fingerprint density at radius 3 is 2.61 bits per heavy atom. The third-order valence-corrected chi connectivity index (χ3v) is 6.02. The molecule has 1 N–H and O–H groups in total. The van der Waals surface area contributed by atoms with Crippen molar-refractivity contribution in [2.75, 3.05) is 18.0 Å². The minimum absolute atomic E-state index is 0.164. The van der Waals surface area contributed by atoms with Gasteiger partial charge in [0.2, 0.25) is 5.95 Å². The Hall–Kier alpha value is -2.31. The topological polar surface area (TPSA) is 53.9 Å². The van der Waals surface area contributed by atoms with Crippen LogP contribution in [0.5, 0.6) is 0 Å². The summed E-state index contributed by atoms with van der Waals surface area (Å²) < 4.78 is 0. The Morgan fingerprint density at radius 1 is 1.07 bits per heavy atom. The molecule has 0 spiro atoms. The Kier molecular flexibility index (Phi) is 6.29. The highest BCUT2D eigenvalue weighted by molar-refractivity contribution is 7.07. The van der Waals surface area contributed by atoms with E-state index in [9.17, 15) is 0 Å². The molecular formula is C22H27N5S. The molecule has 1 fully saturated rings. The third-order valence-electron chi connectivity index (χ3n) is 5.28. The number of thiophene rings is 1. The van der Waals surface area contributed by atoms with Crippen LogP contribution in [0.15, 0.2) is 47.5 Å². The third kappa shape index (κ3) is 4.75. The van der Waals surface area contributed by atoms with Crippen LogP contribution in [0, 0.1) is 6.92 Å². The number of aromatic nitrogens is 3. The van der Waals surface area contributed by atoms with Gasteiger partial charge in [-0.05, 0) is 66.6 Å². The van der Waals surface area contributed by atoms with Gasteiger partial charge in [0, 0.05) is 43.8 Å². The van der Waals surface area contributed by atoms with E-state index >= 15 is 0 Å². The molecule has 3 aromatic rings. The van der Waals surface area contributed by atoms with Crippen LogP contribution in [-0.4, -0.2) is 28.0 Å². The summed E-state index contributed by atoms with van der Waals surface area (Å²) in [6.07, 6.45) is 10.5. The maximum atomic E-state index is 4.65. The molecule has 28 heavy (non-hydrogen) atoms. The summed E-state index contributed by atoms with van der Waals surface area (Å²) in [5.41, 5.74) is 4.76. The fourth-order valence-electron chi connectivity index (χ4n) is 3.71. The Balaban J connectivity index is 1.44. The van der Waals surface area contributed by atoms with Crippen molar-refractivity contribution in [3.8, 4) is 0 Å². The van der Waals surface area contributed by atoms with Gasteiger partial charge in [0.25, 0.3) is 0 Å². The Morgan fingerprint density at radius 2 is 1.89 bits per heavy atom. The SMILES string of the molecule is Cc1cccnc1[C@@H](Cc1ccsc1)NCc1cnc(N2CCCCC2)nc1. The first kappa shape index (κ1) is 19.0. The molecule has 1 saturated heterocycles. The van der Waals surface area contributed by atoms with E-state index in [-0.39, 0.29) is 6.04 Å². The number of anilines is 1. The lowest BCUT2D eigenvalue weighted by Gasteiger charge is -2.26. The molecule has 3 aromatic heterocycles. The summed E-state index contributed by atoms with van der Waals surface area (Å²) in [5.74, 6) is 0.860. The molecule has 0 bridgehead atoms. The second-order valence-electron chi connectivity index (χ2n) is 7.41. The van der Waals surface area contributed by atoms with Crippen molar-refractivity contribution in [1.29, 1.82) is 0 Å².